The van der Waals surface area contributed by atoms with Crippen LogP contribution in [0.15, 0.2) is 44.8 Å². The topological polar surface area (TPSA) is 82.6 Å². The van der Waals surface area contributed by atoms with Crippen molar-refractivity contribution in [1.82, 2.24) is 9.99 Å². The second-order valence-corrected chi connectivity index (χ2v) is 10.3. The largest absolute Gasteiger partial charge is 0.307 e. The van der Waals surface area contributed by atoms with Crippen molar-refractivity contribution in [2.45, 2.75) is 16.7 Å². The quantitative estimate of drug-likeness (QED) is 0.570. The van der Waals surface area contributed by atoms with Gasteiger partial charge in [0.15, 0.2) is 0 Å². The summed E-state index contributed by atoms with van der Waals surface area (Å²) >= 11 is 8.72. The number of aromatic nitrogens is 1. The fraction of sp³-hybridized carbons (Fsp3) is 0.300. The minimum absolute atomic E-state index is 0.0556. The molecule has 3 fully saturated rings. The molecule has 2 saturated carbocycles. The van der Waals surface area contributed by atoms with Crippen molar-refractivity contribution in [3.63, 3.8) is 0 Å². The molecule has 9 heteroatoms. The van der Waals surface area contributed by atoms with E-state index in [0.717, 1.165) is 26.9 Å². The number of carbonyl (C=O) groups is 2. The van der Waals surface area contributed by atoms with Crippen molar-refractivity contribution in [3.8, 4) is 0 Å². The highest BCUT2D eigenvalue weighted by Crippen LogP contribution is 2.64. The number of aromatic amines is 1. The van der Waals surface area contributed by atoms with Gasteiger partial charge >= 0.3 is 4.87 Å². The Morgan fingerprint density at radius 2 is 1.90 bits per heavy atom. The number of rotatable bonds is 2. The highest BCUT2D eigenvalue weighted by atomic mass is 35.5. The molecule has 0 spiro atoms. The fourth-order valence-electron chi connectivity index (χ4n) is 5.19. The zero-order valence-electron chi connectivity index (χ0n) is 14.9. The molecule has 1 N–H and O–H groups in total. The van der Waals surface area contributed by atoms with E-state index in [4.69, 9.17) is 11.6 Å². The molecule has 2 bridgehead atoms. The van der Waals surface area contributed by atoms with Crippen LogP contribution in [0.3, 0.4) is 0 Å². The molecular weight excluding hydrogens is 430 g/mol. The van der Waals surface area contributed by atoms with Crippen LogP contribution in [0.4, 0.5) is 0 Å². The van der Waals surface area contributed by atoms with E-state index in [1.54, 1.807) is 36.0 Å². The number of thiazole rings is 1. The normalized spacial score (nSPS) is 32.0. The predicted molar refractivity (Wildman–Crippen MR) is 112 cm³/mol. The highest BCUT2D eigenvalue weighted by Gasteiger charge is 2.66. The van der Waals surface area contributed by atoms with Crippen LogP contribution in [-0.2, 0) is 9.59 Å². The number of H-pyrrole nitrogens is 1. The number of hydrazone groups is 1. The lowest BCUT2D eigenvalue weighted by atomic mass is 9.77. The summed E-state index contributed by atoms with van der Waals surface area (Å²) in [6.45, 7) is 0. The number of nitrogens with zero attached hydrogens (tertiary/aromatic N) is 2. The summed E-state index contributed by atoms with van der Waals surface area (Å²) in [5.74, 6) is -0.922. The summed E-state index contributed by atoms with van der Waals surface area (Å²) in [4.78, 5) is 41.6. The molecule has 2 aliphatic carbocycles. The van der Waals surface area contributed by atoms with Crippen molar-refractivity contribution < 1.29 is 9.59 Å². The van der Waals surface area contributed by atoms with E-state index in [-0.39, 0.29) is 45.6 Å². The maximum Gasteiger partial charge on any atom is 0.305 e. The number of nitrogens with one attached hydrogen (secondary N) is 1. The number of carbonyl (C=O) groups excluding carboxylic acids is 2. The molecule has 6 rings (SSSR count). The number of imide groups is 1. The van der Waals surface area contributed by atoms with Crippen LogP contribution in [0.2, 0.25) is 5.02 Å². The molecule has 146 valence electrons. The van der Waals surface area contributed by atoms with Gasteiger partial charge in [0.1, 0.15) is 0 Å². The summed E-state index contributed by atoms with van der Waals surface area (Å²) in [7, 11) is 0. The molecule has 6 nitrogen and oxygen atoms in total. The van der Waals surface area contributed by atoms with Crippen LogP contribution in [-0.4, -0.2) is 33.3 Å². The Morgan fingerprint density at radius 1 is 1.14 bits per heavy atom. The van der Waals surface area contributed by atoms with Gasteiger partial charge in [-0.25, -0.2) is 0 Å². The van der Waals surface area contributed by atoms with Gasteiger partial charge in [-0.3, -0.25) is 14.4 Å². The van der Waals surface area contributed by atoms with E-state index in [1.807, 2.05) is 0 Å². The number of fused-ring (bicyclic) bond motifs is 9. The Labute approximate surface area is 178 Å². The van der Waals surface area contributed by atoms with Gasteiger partial charge in [0, 0.05) is 10.3 Å². The average molecular weight is 444 g/mol. The van der Waals surface area contributed by atoms with E-state index in [9.17, 15) is 14.4 Å². The lowest BCUT2D eigenvalue weighted by molar-refractivity contribution is -0.140. The fourth-order valence-corrected chi connectivity index (χ4v) is 7.75. The van der Waals surface area contributed by atoms with Crippen molar-refractivity contribution in [2.24, 2.45) is 28.8 Å². The van der Waals surface area contributed by atoms with Crippen LogP contribution in [0.25, 0.3) is 6.08 Å². The Morgan fingerprint density at radius 3 is 2.69 bits per heavy atom. The van der Waals surface area contributed by atoms with Crippen LogP contribution in [0.1, 0.15) is 16.9 Å². The smallest absolute Gasteiger partial charge is 0.305 e. The zero-order chi connectivity index (χ0) is 19.9. The SMILES string of the molecule is O=C1C2C3CC(C4Sc5[nH]c(=O)sc5C=C34)C2C(=O)N1/N=C/c1ccc(Cl)cc1. The zero-order valence-corrected chi connectivity index (χ0v) is 17.3. The number of thioether (sulfide) groups is 1. The molecule has 2 amide bonds. The van der Waals surface area contributed by atoms with Gasteiger partial charge in [-0.1, -0.05) is 52.4 Å². The minimum Gasteiger partial charge on any atom is -0.307 e. The number of halogens is 1. The van der Waals surface area contributed by atoms with Crippen LogP contribution >= 0.6 is 34.7 Å². The molecular formula is C20H14ClN3O3S2. The number of hydrogen-bond donors (Lipinski definition) is 1. The molecule has 5 atom stereocenters. The molecule has 1 saturated heterocycles. The Bertz CT molecular complexity index is 1180. The summed E-state index contributed by atoms with van der Waals surface area (Å²) in [5, 5.41) is 6.92. The summed E-state index contributed by atoms with van der Waals surface area (Å²) in [5.41, 5.74) is 1.98. The van der Waals surface area contributed by atoms with Crippen molar-refractivity contribution >= 4 is 58.8 Å². The monoisotopic (exact) mass is 443 g/mol. The Kier molecular flexibility index (Phi) is 3.76. The van der Waals surface area contributed by atoms with Crippen LogP contribution in [0, 0.1) is 23.7 Å². The Balaban J connectivity index is 1.32. The molecule has 0 radical (unpaired) electrons. The van der Waals surface area contributed by atoms with Gasteiger partial charge in [-0.2, -0.15) is 10.1 Å². The van der Waals surface area contributed by atoms with E-state index in [1.165, 1.54) is 23.1 Å². The third-order valence-corrected chi connectivity index (χ3v) is 8.96. The minimum atomic E-state index is -0.338. The first kappa shape index (κ1) is 17.7. The van der Waals surface area contributed by atoms with Crippen molar-refractivity contribution in [3.05, 3.63) is 55.0 Å². The van der Waals surface area contributed by atoms with Gasteiger partial charge in [0.05, 0.1) is 28.0 Å². The second-order valence-electron chi connectivity index (χ2n) is 7.73. The Hall–Kier alpha value is -2.16. The molecule has 5 unspecified atom stereocenters. The molecule has 1 aromatic carbocycles. The third kappa shape index (κ3) is 2.49. The molecule has 1 aromatic heterocycles. The standard InChI is InChI=1S/C20H14ClN3O3S2/c21-9-3-1-8(2-4-9)7-22-24-18(25)14-10-5-12(15(14)19(24)26)16-11(10)6-13-17(29-16)23-20(27)28-13/h1-4,6-7,10,12,14-16H,5H2,(H,23,27)/b22-7+. The molecule has 3 heterocycles. The first-order valence-corrected chi connectivity index (χ1v) is 11.4. The van der Waals surface area contributed by atoms with Crippen molar-refractivity contribution in [2.75, 3.05) is 0 Å². The van der Waals surface area contributed by atoms with Crippen LogP contribution < -0.4 is 4.87 Å². The second kappa shape index (κ2) is 6.17. The molecule has 2 aliphatic heterocycles. The van der Waals surface area contributed by atoms with Crippen molar-refractivity contribution in [1.29, 1.82) is 0 Å². The maximum atomic E-state index is 13.1. The van der Waals surface area contributed by atoms with E-state index in [2.05, 4.69) is 16.2 Å². The van der Waals surface area contributed by atoms with E-state index >= 15 is 0 Å². The first-order chi connectivity index (χ1) is 14.0. The number of benzene rings is 1. The molecule has 29 heavy (non-hydrogen) atoms. The predicted octanol–water partition coefficient (Wildman–Crippen LogP) is 3.23. The lowest BCUT2D eigenvalue weighted by Crippen LogP contribution is -2.34. The van der Waals surface area contributed by atoms with Crippen LogP contribution in [0.5, 0.6) is 0 Å². The third-order valence-electron chi connectivity index (χ3n) is 6.32. The lowest BCUT2D eigenvalue weighted by Gasteiger charge is -2.32. The van der Waals surface area contributed by atoms with E-state index in [0.29, 0.717) is 5.02 Å². The van der Waals surface area contributed by atoms with Gasteiger partial charge < -0.3 is 4.98 Å². The van der Waals surface area contributed by atoms with Gasteiger partial charge in [0.25, 0.3) is 11.8 Å². The van der Waals surface area contributed by atoms with Gasteiger partial charge in [-0.15, -0.1) is 0 Å². The maximum absolute atomic E-state index is 13.1. The average Bonchev–Trinajstić information content (AvgIpc) is 3.41. The molecule has 4 aliphatic rings. The summed E-state index contributed by atoms with van der Waals surface area (Å²) in [6.07, 6.45) is 4.44. The summed E-state index contributed by atoms with van der Waals surface area (Å²) in [6, 6.07) is 7.05. The van der Waals surface area contributed by atoms with E-state index < -0.39 is 0 Å². The van der Waals surface area contributed by atoms with Gasteiger partial charge in [0.2, 0.25) is 0 Å². The summed E-state index contributed by atoms with van der Waals surface area (Å²) < 4.78 is 0. The number of hydrogen-bond acceptors (Lipinski definition) is 6. The number of amides is 2. The molecule has 2 aromatic rings. The highest BCUT2D eigenvalue weighted by molar-refractivity contribution is 8.00. The first-order valence-electron chi connectivity index (χ1n) is 9.30. The van der Waals surface area contributed by atoms with Gasteiger partial charge in [-0.05, 0) is 42.0 Å².